The summed E-state index contributed by atoms with van der Waals surface area (Å²) in [6.45, 7) is 7.39. The molecule has 0 spiro atoms. The number of hydrogen-bond donors (Lipinski definition) is 0. The van der Waals surface area contributed by atoms with Crippen LogP contribution in [-0.2, 0) is 16.9 Å². The normalized spacial score (nSPS) is 21.0. The summed E-state index contributed by atoms with van der Waals surface area (Å²) >= 11 is 0. The van der Waals surface area contributed by atoms with Gasteiger partial charge in [-0.1, -0.05) is 18.2 Å². The quantitative estimate of drug-likeness (QED) is 0.847. The van der Waals surface area contributed by atoms with Crippen LogP contribution in [0.15, 0.2) is 24.3 Å². The van der Waals surface area contributed by atoms with Crippen molar-refractivity contribution < 1.29 is 4.74 Å². The minimum atomic E-state index is -0.155. The first-order chi connectivity index (χ1) is 10.0. The van der Waals surface area contributed by atoms with Crippen LogP contribution in [0.5, 0.6) is 0 Å². The SMILES string of the molecule is Cc1c2n(c3ccccc13)CCOC2(C)CCCN(C)C.Cl. The molecule has 4 heteroatoms. The van der Waals surface area contributed by atoms with Gasteiger partial charge in [0.1, 0.15) is 5.60 Å². The second kappa shape index (κ2) is 6.61. The van der Waals surface area contributed by atoms with E-state index < -0.39 is 0 Å². The summed E-state index contributed by atoms with van der Waals surface area (Å²) in [4.78, 5) is 2.24. The lowest BCUT2D eigenvalue weighted by Gasteiger charge is -2.37. The summed E-state index contributed by atoms with van der Waals surface area (Å²) in [5, 5.41) is 1.37. The van der Waals surface area contributed by atoms with Crippen molar-refractivity contribution in [1.29, 1.82) is 0 Å². The first-order valence-electron chi connectivity index (χ1n) is 7.90. The fourth-order valence-corrected chi connectivity index (χ4v) is 3.74. The van der Waals surface area contributed by atoms with E-state index >= 15 is 0 Å². The number of hydrogen-bond acceptors (Lipinski definition) is 2. The van der Waals surface area contributed by atoms with Crippen LogP contribution < -0.4 is 0 Å². The molecule has 3 rings (SSSR count). The molecular weight excluding hydrogens is 296 g/mol. The molecule has 0 fully saturated rings. The summed E-state index contributed by atoms with van der Waals surface area (Å²) in [6.07, 6.45) is 2.23. The van der Waals surface area contributed by atoms with Crippen molar-refractivity contribution in [1.82, 2.24) is 9.47 Å². The van der Waals surface area contributed by atoms with E-state index in [9.17, 15) is 0 Å². The first kappa shape index (κ1) is 17.3. The lowest BCUT2D eigenvalue weighted by molar-refractivity contribution is -0.0711. The van der Waals surface area contributed by atoms with Gasteiger partial charge in [0.25, 0.3) is 0 Å². The maximum atomic E-state index is 6.24. The standard InChI is InChI=1S/C18H26N2O.ClH/c1-14-15-8-5-6-9-16(15)20-12-13-21-18(2,17(14)20)10-7-11-19(3)4;/h5-6,8-9H,7,10-13H2,1-4H3;1H. The van der Waals surface area contributed by atoms with Crippen molar-refractivity contribution >= 4 is 23.3 Å². The summed E-state index contributed by atoms with van der Waals surface area (Å²) in [6, 6.07) is 8.73. The lowest BCUT2D eigenvalue weighted by Crippen LogP contribution is -2.36. The molecule has 1 unspecified atom stereocenters. The highest BCUT2D eigenvalue weighted by Gasteiger charge is 2.36. The van der Waals surface area contributed by atoms with Crippen LogP contribution in [0, 0.1) is 6.92 Å². The summed E-state index contributed by atoms with van der Waals surface area (Å²) in [7, 11) is 4.26. The molecule has 2 heterocycles. The molecule has 2 aromatic rings. The Balaban J connectivity index is 0.00000176. The van der Waals surface area contributed by atoms with Crippen LogP contribution in [0.4, 0.5) is 0 Å². The highest BCUT2D eigenvalue weighted by molar-refractivity contribution is 5.86. The highest BCUT2D eigenvalue weighted by Crippen LogP contribution is 2.40. The number of aromatic nitrogens is 1. The Bertz CT molecular complexity index is 650. The number of halogens is 1. The van der Waals surface area contributed by atoms with Gasteiger partial charge in [0.2, 0.25) is 0 Å². The molecule has 0 radical (unpaired) electrons. The van der Waals surface area contributed by atoms with Crippen LogP contribution in [0.3, 0.4) is 0 Å². The zero-order valence-corrected chi connectivity index (χ0v) is 14.9. The van der Waals surface area contributed by atoms with Gasteiger partial charge in [-0.05, 0) is 59.0 Å². The Morgan fingerprint density at radius 3 is 2.73 bits per heavy atom. The number of ether oxygens (including phenoxy) is 1. The molecule has 0 aliphatic carbocycles. The van der Waals surface area contributed by atoms with Crippen LogP contribution in [0.25, 0.3) is 10.9 Å². The molecule has 1 aliphatic rings. The summed E-state index contributed by atoms with van der Waals surface area (Å²) in [5.41, 5.74) is 3.97. The Morgan fingerprint density at radius 2 is 2.00 bits per heavy atom. The molecule has 1 aliphatic heterocycles. The molecular formula is C18H27ClN2O. The van der Waals surface area contributed by atoms with E-state index in [1.54, 1.807) is 0 Å². The Kier molecular flexibility index (Phi) is 5.21. The van der Waals surface area contributed by atoms with Crippen LogP contribution in [-0.4, -0.2) is 36.7 Å². The van der Waals surface area contributed by atoms with E-state index in [4.69, 9.17) is 4.74 Å². The molecule has 0 bridgehead atoms. The van der Waals surface area contributed by atoms with E-state index in [2.05, 4.69) is 61.7 Å². The van der Waals surface area contributed by atoms with Gasteiger partial charge in [0.05, 0.1) is 12.3 Å². The van der Waals surface area contributed by atoms with Crippen molar-refractivity contribution in [2.24, 2.45) is 0 Å². The van der Waals surface area contributed by atoms with Gasteiger partial charge in [-0.3, -0.25) is 0 Å². The first-order valence-corrected chi connectivity index (χ1v) is 7.90. The van der Waals surface area contributed by atoms with Crippen LogP contribution in [0.2, 0.25) is 0 Å². The zero-order valence-electron chi connectivity index (χ0n) is 14.1. The average Bonchev–Trinajstić information content (AvgIpc) is 2.74. The fraction of sp³-hybridized carbons (Fsp3) is 0.556. The zero-order chi connectivity index (χ0) is 15.0. The number of rotatable bonds is 4. The van der Waals surface area contributed by atoms with Crippen molar-refractivity contribution in [3.05, 3.63) is 35.5 Å². The second-order valence-electron chi connectivity index (χ2n) is 6.63. The largest absolute Gasteiger partial charge is 0.367 e. The number of aryl methyl sites for hydroxylation is 1. The molecule has 0 saturated carbocycles. The van der Waals surface area contributed by atoms with E-state index in [-0.39, 0.29) is 18.0 Å². The third-order valence-electron chi connectivity index (χ3n) is 4.72. The lowest BCUT2D eigenvalue weighted by atomic mass is 9.91. The molecule has 1 aromatic heterocycles. The topological polar surface area (TPSA) is 17.4 Å². The fourth-order valence-electron chi connectivity index (χ4n) is 3.74. The third-order valence-corrected chi connectivity index (χ3v) is 4.72. The number of fused-ring (bicyclic) bond motifs is 3. The van der Waals surface area contributed by atoms with Gasteiger partial charge >= 0.3 is 0 Å². The van der Waals surface area contributed by atoms with Crippen molar-refractivity contribution in [3.63, 3.8) is 0 Å². The molecule has 22 heavy (non-hydrogen) atoms. The Hall–Kier alpha value is -1.03. The van der Waals surface area contributed by atoms with E-state index in [0.29, 0.717) is 0 Å². The Labute approximate surface area is 139 Å². The van der Waals surface area contributed by atoms with Gasteiger partial charge in [0.15, 0.2) is 0 Å². The molecule has 0 amide bonds. The molecule has 3 nitrogen and oxygen atoms in total. The number of nitrogens with zero attached hydrogens (tertiary/aromatic N) is 2. The van der Waals surface area contributed by atoms with Crippen molar-refractivity contribution in [2.45, 2.75) is 38.8 Å². The smallest absolute Gasteiger partial charge is 0.106 e. The predicted molar refractivity (Wildman–Crippen MR) is 95.0 cm³/mol. The Morgan fingerprint density at radius 1 is 1.27 bits per heavy atom. The van der Waals surface area contributed by atoms with E-state index in [1.165, 1.54) is 22.2 Å². The minimum absolute atomic E-state index is 0. The van der Waals surface area contributed by atoms with Gasteiger partial charge in [0, 0.05) is 17.4 Å². The number of para-hydroxylation sites is 1. The summed E-state index contributed by atoms with van der Waals surface area (Å²) in [5.74, 6) is 0. The second-order valence-corrected chi connectivity index (χ2v) is 6.63. The highest BCUT2D eigenvalue weighted by atomic mass is 35.5. The van der Waals surface area contributed by atoms with Gasteiger partial charge < -0.3 is 14.2 Å². The van der Waals surface area contributed by atoms with Crippen LogP contribution >= 0.6 is 12.4 Å². The summed E-state index contributed by atoms with van der Waals surface area (Å²) < 4.78 is 8.72. The minimum Gasteiger partial charge on any atom is -0.367 e. The van der Waals surface area contributed by atoms with Gasteiger partial charge in [-0.25, -0.2) is 0 Å². The maximum absolute atomic E-state index is 6.24. The monoisotopic (exact) mass is 322 g/mol. The third kappa shape index (κ3) is 2.90. The molecule has 0 saturated heterocycles. The average molecular weight is 323 g/mol. The predicted octanol–water partition coefficient (Wildman–Crippen LogP) is 3.96. The number of benzene rings is 1. The van der Waals surface area contributed by atoms with Gasteiger partial charge in [-0.15, -0.1) is 12.4 Å². The molecule has 1 atom stereocenters. The van der Waals surface area contributed by atoms with E-state index in [1.807, 2.05) is 0 Å². The molecule has 122 valence electrons. The molecule has 1 aromatic carbocycles. The van der Waals surface area contributed by atoms with Gasteiger partial charge in [-0.2, -0.15) is 0 Å². The molecule has 0 N–H and O–H groups in total. The van der Waals surface area contributed by atoms with Crippen molar-refractivity contribution in [2.75, 3.05) is 27.2 Å². The van der Waals surface area contributed by atoms with Crippen LogP contribution in [0.1, 0.15) is 31.0 Å². The van der Waals surface area contributed by atoms with E-state index in [0.717, 1.165) is 32.5 Å². The maximum Gasteiger partial charge on any atom is 0.106 e. The van der Waals surface area contributed by atoms with Crippen molar-refractivity contribution in [3.8, 4) is 0 Å².